The molecule has 0 saturated heterocycles. The molecule has 0 aliphatic heterocycles. The molecule has 2 aromatic heterocycles. The van der Waals surface area contributed by atoms with Gasteiger partial charge in [0.25, 0.3) is 5.56 Å². The minimum absolute atomic E-state index is 0.155. The van der Waals surface area contributed by atoms with Gasteiger partial charge in [-0.15, -0.1) is 10.2 Å². The predicted molar refractivity (Wildman–Crippen MR) is 122 cm³/mol. The average Bonchev–Trinajstić information content (AvgIpc) is 3.18. The maximum atomic E-state index is 13.4. The van der Waals surface area contributed by atoms with E-state index in [2.05, 4.69) is 10.2 Å². The maximum absolute atomic E-state index is 13.4. The van der Waals surface area contributed by atoms with Gasteiger partial charge < -0.3 is 0 Å². The lowest BCUT2D eigenvalue weighted by Gasteiger charge is -2.11. The lowest BCUT2D eigenvalue weighted by molar-refractivity contribution is 0.627. The molecule has 0 bridgehead atoms. The van der Waals surface area contributed by atoms with Crippen LogP contribution < -0.4 is 5.56 Å². The van der Waals surface area contributed by atoms with Gasteiger partial charge in [0.05, 0.1) is 16.6 Å². The number of para-hydroxylation sites is 1. The van der Waals surface area contributed by atoms with E-state index in [-0.39, 0.29) is 11.4 Å². The summed E-state index contributed by atoms with van der Waals surface area (Å²) in [5, 5.41) is 10.2. The Kier molecular flexibility index (Phi) is 5.00. The highest BCUT2D eigenvalue weighted by molar-refractivity contribution is 7.98. The molecule has 0 aliphatic rings. The van der Waals surface area contributed by atoms with E-state index in [1.165, 1.54) is 23.9 Å². The summed E-state index contributed by atoms with van der Waals surface area (Å²) in [5.74, 6) is 0.540. The second-order valence-electron chi connectivity index (χ2n) is 7.14. The highest BCUT2D eigenvalue weighted by atomic mass is 35.5. The molecule has 0 unspecified atom stereocenters. The van der Waals surface area contributed by atoms with Crippen molar-refractivity contribution in [3.05, 3.63) is 99.1 Å². The Bertz CT molecular complexity index is 1490. The molecular weight excluding hydrogens is 435 g/mol. The Labute approximate surface area is 186 Å². The largest absolute Gasteiger partial charge is 0.268 e. The summed E-state index contributed by atoms with van der Waals surface area (Å²) in [6, 6.07) is 19.4. The number of nitrogens with zero attached hydrogens (tertiary/aromatic N) is 4. The van der Waals surface area contributed by atoms with Gasteiger partial charge in [-0.2, -0.15) is 0 Å². The number of hydrogen-bond acceptors (Lipinski definition) is 4. The molecule has 8 heteroatoms. The number of fused-ring (bicyclic) bond motifs is 3. The van der Waals surface area contributed by atoms with Crippen LogP contribution in [0.2, 0.25) is 5.02 Å². The van der Waals surface area contributed by atoms with E-state index in [1.807, 2.05) is 53.8 Å². The number of aryl methyl sites for hydroxylation is 1. The molecule has 5 nitrogen and oxygen atoms in total. The molecule has 0 saturated carbocycles. The zero-order chi connectivity index (χ0) is 21.5. The summed E-state index contributed by atoms with van der Waals surface area (Å²) >= 11 is 7.60. The van der Waals surface area contributed by atoms with Crippen LogP contribution in [0, 0.1) is 12.7 Å². The van der Waals surface area contributed by atoms with Gasteiger partial charge in [0.15, 0.2) is 5.16 Å². The summed E-state index contributed by atoms with van der Waals surface area (Å²) < 4.78 is 16.8. The predicted octanol–water partition coefficient (Wildman–Crippen LogP) is 5.43. The molecular formula is C23H16ClFN4OS. The minimum atomic E-state index is -0.375. The summed E-state index contributed by atoms with van der Waals surface area (Å²) in [6.45, 7) is 1.99. The monoisotopic (exact) mass is 450 g/mol. The van der Waals surface area contributed by atoms with E-state index < -0.39 is 0 Å². The van der Waals surface area contributed by atoms with Crippen LogP contribution in [-0.4, -0.2) is 19.2 Å². The van der Waals surface area contributed by atoms with Gasteiger partial charge >= 0.3 is 0 Å². The van der Waals surface area contributed by atoms with Crippen LogP contribution in [-0.2, 0) is 5.75 Å². The zero-order valence-electron chi connectivity index (χ0n) is 16.4. The first-order chi connectivity index (χ1) is 15.0. The van der Waals surface area contributed by atoms with Gasteiger partial charge in [-0.1, -0.05) is 59.3 Å². The Morgan fingerprint density at radius 2 is 1.81 bits per heavy atom. The molecule has 0 fully saturated rings. The van der Waals surface area contributed by atoms with Crippen LogP contribution in [0.15, 0.2) is 76.7 Å². The number of aromatic nitrogens is 4. The van der Waals surface area contributed by atoms with Crippen molar-refractivity contribution in [3.63, 3.8) is 0 Å². The first kappa shape index (κ1) is 19.8. The van der Waals surface area contributed by atoms with Gasteiger partial charge in [-0.25, -0.2) is 8.96 Å². The van der Waals surface area contributed by atoms with Crippen LogP contribution in [0.3, 0.4) is 0 Å². The van der Waals surface area contributed by atoms with Crippen molar-refractivity contribution >= 4 is 40.0 Å². The summed E-state index contributed by atoms with van der Waals surface area (Å²) in [4.78, 5) is 13.3. The van der Waals surface area contributed by atoms with Crippen molar-refractivity contribution in [1.82, 2.24) is 19.2 Å². The zero-order valence-corrected chi connectivity index (χ0v) is 18.0. The van der Waals surface area contributed by atoms with E-state index in [0.29, 0.717) is 27.1 Å². The van der Waals surface area contributed by atoms with E-state index in [0.717, 1.165) is 22.3 Å². The molecule has 31 heavy (non-hydrogen) atoms. The number of thioether (sulfide) groups is 1. The van der Waals surface area contributed by atoms with Gasteiger partial charge in [-0.3, -0.25) is 9.20 Å². The fourth-order valence-electron chi connectivity index (χ4n) is 3.48. The smallest absolute Gasteiger partial charge is 0.267 e. The van der Waals surface area contributed by atoms with Crippen LogP contribution in [0.25, 0.3) is 22.4 Å². The third-order valence-corrected chi connectivity index (χ3v) is 6.39. The average molecular weight is 451 g/mol. The van der Waals surface area contributed by atoms with Crippen LogP contribution in [0.4, 0.5) is 4.39 Å². The van der Waals surface area contributed by atoms with Crippen molar-refractivity contribution in [3.8, 4) is 5.69 Å². The second kappa shape index (κ2) is 7.83. The SMILES string of the molecule is Cc1ccc(-n2c(=O)c3ccccc3n3c(SCc4ccc(F)cc4Cl)nnc23)cc1. The first-order valence-corrected chi connectivity index (χ1v) is 10.9. The first-order valence-electron chi connectivity index (χ1n) is 9.55. The number of hydrogen-bond donors (Lipinski definition) is 0. The van der Waals surface area contributed by atoms with E-state index >= 15 is 0 Å². The van der Waals surface area contributed by atoms with Crippen molar-refractivity contribution in [1.29, 1.82) is 0 Å². The number of rotatable bonds is 4. The highest BCUT2D eigenvalue weighted by Gasteiger charge is 2.18. The van der Waals surface area contributed by atoms with Crippen molar-refractivity contribution < 1.29 is 4.39 Å². The molecule has 0 spiro atoms. The highest BCUT2D eigenvalue weighted by Crippen LogP contribution is 2.28. The molecule has 0 amide bonds. The van der Waals surface area contributed by atoms with Crippen molar-refractivity contribution in [2.75, 3.05) is 0 Å². The third kappa shape index (κ3) is 3.49. The lowest BCUT2D eigenvalue weighted by atomic mass is 10.2. The van der Waals surface area contributed by atoms with Crippen molar-refractivity contribution in [2.45, 2.75) is 17.8 Å². The van der Waals surface area contributed by atoms with Gasteiger partial charge in [0.2, 0.25) is 5.78 Å². The Morgan fingerprint density at radius 1 is 1.03 bits per heavy atom. The summed E-state index contributed by atoms with van der Waals surface area (Å²) in [7, 11) is 0. The van der Waals surface area contributed by atoms with Crippen LogP contribution in [0.5, 0.6) is 0 Å². The molecule has 0 N–H and O–H groups in total. The van der Waals surface area contributed by atoms with Crippen LogP contribution >= 0.6 is 23.4 Å². The quantitative estimate of drug-likeness (QED) is 0.343. The molecule has 0 aliphatic carbocycles. The van der Waals surface area contributed by atoms with E-state index in [4.69, 9.17) is 11.6 Å². The molecule has 5 rings (SSSR count). The Morgan fingerprint density at radius 3 is 2.58 bits per heavy atom. The standard InChI is InChI=1S/C23H16ClFN4OS/c1-14-6-10-17(11-7-14)28-21(30)18-4-2-3-5-20(18)29-22(28)26-27-23(29)31-13-15-8-9-16(25)12-19(15)24/h2-12H,13H2,1H3. The van der Waals surface area contributed by atoms with E-state index in [9.17, 15) is 9.18 Å². The van der Waals surface area contributed by atoms with E-state index in [1.54, 1.807) is 16.7 Å². The minimum Gasteiger partial charge on any atom is -0.268 e. The molecule has 3 aromatic carbocycles. The fraction of sp³-hybridized carbons (Fsp3) is 0.0870. The normalized spacial score (nSPS) is 11.5. The summed E-state index contributed by atoms with van der Waals surface area (Å²) in [5.41, 5.74) is 3.18. The maximum Gasteiger partial charge on any atom is 0.267 e. The van der Waals surface area contributed by atoms with Gasteiger partial charge in [-0.05, 0) is 48.9 Å². The second-order valence-corrected chi connectivity index (χ2v) is 8.49. The van der Waals surface area contributed by atoms with Crippen LogP contribution in [0.1, 0.15) is 11.1 Å². The topological polar surface area (TPSA) is 52.2 Å². The molecule has 2 heterocycles. The molecule has 154 valence electrons. The summed E-state index contributed by atoms with van der Waals surface area (Å²) in [6.07, 6.45) is 0. The fourth-order valence-corrected chi connectivity index (χ4v) is 4.74. The number of benzene rings is 3. The number of halogens is 2. The Balaban J connectivity index is 1.69. The lowest BCUT2D eigenvalue weighted by Crippen LogP contribution is -2.21. The van der Waals surface area contributed by atoms with Gasteiger partial charge in [0, 0.05) is 10.8 Å². The molecule has 0 atom stereocenters. The van der Waals surface area contributed by atoms with Crippen molar-refractivity contribution in [2.24, 2.45) is 0 Å². The van der Waals surface area contributed by atoms with Gasteiger partial charge in [0.1, 0.15) is 5.82 Å². The molecule has 5 aromatic rings. The Hall–Kier alpha value is -3.16. The third-order valence-electron chi connectivity index (χ3n) is 5.06. The molecule has 0 radical (unpaired) electrons.